The number of benzene rings is 2. The first-order valence-corrected chi connectivity index (χ1v) is 8.15. The van der Waals surface area contributed by atoms with Gasteiger partial charge in [-0.3, -0.25) is 24.3 Å². The molecule has 1 aliphatic rings. The monoisotopic (exact) mass is 351 g/mol. The number of likely N-dealkylation sites (N-methyl/N-ethyl adjacent to an activating group) is 1. The third-order valence-corrected chi connectivity index (χ3v) is 4.34. The SMILES string of the molecule is CC(=O)N(C=C1C(=O)N(C)C(=S)N1c1ccccc1)c1ccccc1. The van der Waals surface area contributed by atoms with Crippen molar-refractivity contribution in [2.24, 2.45) is 0 Å². The van der Waals surface area contributed by atoms with Gasteiger partial charge >= 0.3 is 0 Å². The molecule has 1 aliphatic heterocycles. The topological polar surface area (TPSA) is 43.9 Å². The number of para-hydroxylation sites is 2. The van der Waals surface area contributed by atoms with Gasteiger partial charge in [-0.25, -0.2) is 0 Å². The zero-order chi connectivity index (χ0) is 18.0. The van der Waals surface area contributed by atoms with E-state index < -0.39 is 0 Å². The Kier molecular flexibility index (Phi) is 4.63. The Morgan fingerprint density at radius 1 is 1.04 bits per heavy atom. The highest BCUT2D eigenvalue weighted by molar-refractivity contribution is 7.80. The lowest BCUT2D eigenvalue weighted by molar-refractivity contribution is -0.121. The molecule has 126 valence electrons. The Labute approximate surface area is 151 Å². The summed E-state index contributed by atoms with van der Waals surface area (Å²) in [6, 6.07) is 18.5. The summed E-state index contributed by atoms with van der Waals surface area (Å²) in [7, 11) is 1.63. The molecule has 0 aromatic heterocycles. The van der Waals surface area contributed by atoms with Crippen molar-refractivity contribution in [1.29, 1.82) is 0 Å². The molecular weight excluding hydrogens is 334 g/mol. The zero-order valence-electron chi connectivity index (χ0n) is 13.9. The van der Waals surface area contributed by atoms with E-state index in [1.807, 2.05) is 60.7 Å². The van der Waals surface area contributed by atoms with Gasteiger partial charge in [0.05, 0.1) is 0 Å². The summed E-state index contributed by atoms with van der Waals surface area (Å²) in [5.41, 5.74) is 1.79. The van der Waals surface area contributed by atoms with Crippen LogP contribution in [-0.2, 0) is 9.59 Å². The maximum absolute atomic E-state index is 12.7. The molecule has 2 amide bonds. The molecule has 2 aromatic carbocycles. The van der Waals surface area contributed by atoms with Crippen molar-refractivity contribution in [3.8, 4) is 0 Å². The molecule has 0 unspecified atom stereocenters. The summed E-state index contributed by atoms with van der Waals surface area (Å²) in [6.45, 7) is 1.46. The Balaban J connectivity index is 2.10. The van der Waals surface area contributed by atoms with Crippen molar-refractivity contribution >= 4 is 40.5 Å². The number of carbonyl (C=O) groups excluding carboxylic acids is 2. The summed E-state index contributed by atoms with van der Waals surface area (Å²) in [5.74, 6) is -0.448. The standard InChI is InChI=1S/C19H17N3O2S/c1-14(23)21(15-9-5-3-6-10-15)13-17-18(24)20(2)19(25)22(17)16-11-7-4-8-12-16/h3-13H,1-2H3. The Bertz CT molecular complexity index is 849. The molecule has 0 aliphatic carbocycles. The second-order valence-corrected chi connectivity index (χ2v) is 5.92. The van der Waals surface area contributed by atoms with Crippen molar-refractivity contribution in [3.05, 3.63) is 72.6 Å². The normalized spacial score (nSPS) is 15.8. The number of thiocarbonyl (C=S) groups is 1. The van der Waals surface area contributed by atoms with Gasteiger partial charge in [-0.05, 0) is 36.5 Å². The summed E-state index contributed by atoms with van der Waals surface area (Å²) in [4.78, 5) is 29.4. The summed E-state index contributed by atoms with van der Waals surface area (Å²) in [5, 5.41) is 0.374. The van der Waals surface area contributed by atoms with E-state index in [1.54, 1.807) is 18.1 Å². The van der Waals surface area contributed by atoms with Crippen LogP contribution in [0.25, 0.3) is 0 Å². The van der Waals surface area contributed by atoms with Gasteiger partial charge in [-0.2, -0.15) is 0 Å². The summed E-state index contributed by atoms with van der Waals surface area (Å²) < 4.78 is 0. The highest BCUT2D eigenvalue weighted by Crippen LogP contribution is 2.29. The fourth-order valence-corrected chi connectivity index (χ4v) is 2.89. The minimum absolute atomic E-state index is 0.194. The Morgan fingerprint density at radius 2 is 1.60 bits per heavy atom. The van der Waals surface area contributed by atoms with E-state index in [0.29, 0.717) is 16.5 Å². The predicted molar refractivity (Wildman–Crippen MR) is 102 cm³/mol. The van der Waals surface area contributed by atoms with Crippen LogP contribution < -0.4 is 9.80 Å². The van der Waals surface area contributed by atoms with E-state index in [2.05, 4.69) is 0 Å². The quantitative estimate of drug-likeness (QED) is 0.629. The van der Waals surface area contributed by atoms with E-state index in [1.165, 1.54) is 16.7 Å². The van der Waals surface area contributed by atoms with Crippen molar-refractivity contribution in [2.45, 2.75) is 6.92 Å². The third kappa shape index (κ3) is 3.16. The summed E-state index contributed by atoms with van der Waals surface area (Å²) >= 11 is 5.42. The van der Waals surface area contributed by atoms with E-state index in [0.717, 1.165) is 5.69 Å². The Hall–Kier alpha value is -2.99. The second kappa shape index (κ2) is 6.86. The van der Waals surface area contributed by atoms with Crippen LogP contribution >= 0.6 is 12.2 Å². The molecule has 6 heteroatoms. The van der Waals surface area contributed by atoms with Crippen LogP contribution in [0.2, 0.25) is 0 Å². The van der Waals surface area contributed by atoms with Crippen molar-refractivity contribution in [1.82, 2.24) is 4.90 Å². The Morgan fingerprint density at radius 3 is 2.16 bits per heavy atom. The molecule has 0 radical (unpaired) electrons. The molecule has 1 saturated heterocycles. The average molecular weight is 351 g/mol. The fraction of sp³-hybridized carbons (Fsp3) is 0.105. The number of rotatable bonds is 3. The zero-order valence-corrected chi connectivity index (χ0v) is 14.7. The van der Waals surface area contributed by atoms with Crippen LogP contribution in [0.1, 0.15) is 6.92 Å². The van der Waals surface area contributed by atoms with Gasteiger partial charge in [-0.1, -0.05) is 36.4 Å². The second-order valence-electron chi connectivity index (χ2n) is 5.56. The number of anilines is 2. The van der Waals surface area contributed by atoms with Gasteiger partial charge in [0.15, 0.2) is 5.11 Å². The fourth-order valence-electron chi connectivity index (χ4n) is 2.61. The molecule has 0 atom stereocenters. The van der Waals surface area contributed by atoms with Crippen molar-refractivity contribution < 1.29 is 9.59 Å². The molecule has 1 fully saturated rings. The van der Waals surface area contributed by atoms with E-state index in [4.69, 9.17) is 12.2 Å². The first kappa shape index (κ1) is 16.9. The van der Waals surface area contributed by atoms with Crippen LogP contribution in [0.3, 0.4) is 0 Å². The maximum atomic E-state index is 12.7. The predicted octanol–water partition coefficient (Wildman–Crippen LogP) is 3.14. The molecule has 1 heterocycles. The largest absolute Gasteiger partial charge is 0.286 e. The number of carbonyl (C=O) groups is 2. The molecule has 5 nitrogen and oxygen atoms in total. The van der Waals surface area contributed by atoms with E-state index in [9.17, 15) is 9.59 Å². The molecule has 25 heavy (non-hydrogen) atoms. The lowest BCUT2D eigenvalue weighted by Crippen LogP contribution is -2.29. The molecule has 0 spiro atoms. The van der Waals surface area contributed by atoms with Gasteiger partial charge < -0.3 is 0 Å². The van der Waals surface area contributed by atoms with Crippen LogP contribution in [0, 0.1) is 0 Å². The van der Waals surface area contributed by atoms with Crippen LogP contribution in [-0.4, -0.2) is 28.9 Å². The van der Waals surface area contributed by atoms with Gasteiger partial charge in [-0.15, -0.1) is 0 Å². The molecule has 0 bridgehead atoms. The van der Waals surface area contributed by atoms with Gasteiger partial charge in [0.25, 0.3) is 5.91 Å². The number of nitrogens with zero attached hydrogens (tertiary/aromatic N) is 3. The smallest absolute Gasteiger partial charge is 0.278 e. The minimum atomic E-state index is -0.254. The minimum Gasteiger partial charge on any atom is -0.286 e. The van der Waals surface area contributed by atoms with E-state index in [-0.39, 0.29) is 11.8 Å². The van der Waals surface area contributed by atoms with Gasteiger partial charge in [0.2, 0.25) is 5.91 Å². The molecule has 0 N–H and O–H groups in total. The lowest BCUT2D eigenvalue weighted by atomic mass is 10.2. The average Bonchev–Trinajstić information content (AvgIpc) is 2.84. The first-order valence-electron chi connectivity index (χ1n) is 7.74. The third-order valence-electron chi connectivity index (χ3n) is 3.88. The van der Waals surface area contributed by atoms with Crippen LogP contribution in [0.5, 0.6) is 0 Å². The highest BCUT2D eigenvalue weighted by Gasteiger charge is 2.37. The first-order chi connectivity index (χ1) is 12.0. The molecule has 0 saturated carbocycles. The van der Waals surface area contributed by atoms with Crippen molar-refractivity contribution in [3.63, 3.8) is 0 Å². The van der Waals surface area contributed by atoms with Gasteiger partial charge in [0, 0.05) is 31.5 Å². The lowest BCUT2D eigenvalue weighted by Gasteiger charge is -2.22. The van der Waals surface area contributed by atoms with Crippen LogP contribution in [0.4, 0.5) is 11.4 Å². The number of hydrogen-bond donors (Lipinski definition) is 0. The molecule has 3 rings (SSSR count). The maximum Gasteiger partial charge on any atom is 0.278 e. The number of amides is 2. The molecule has 2 aromatic rings. The number of hydrogen-bond acceptors (Lipinski definition) is 3. The van der Waals surface area contributed by atoms with E-state index >= 15 is 0 Å². The van der Waals surface area contributed by atoms with Crippen molar-refractivity contribution in [2.75, 3.05) is 16.8 Å². The summed E-state index contributed by atoms with van der Waals surface area (Å²) in [6.07, 6.45) is 1.54. The highest BCUT2D eigenvalue weighted by atomic mass is 32.1. The van der Waals surface area contributed by atoms with Crippen LogP contribution in [0.15, 0.2) is 72.6 Å². The molecular formula is C19H17N3O2S. The van der Waals surface area contributed by atoms with Gasteiger partial charge in [0.1, 0.15) is 5.70 Å².